The van der Waals surface area contributed by atoms with E-state index in [0.29, 0.717) is 12.0 Å². The molecular formula is C15H20INO. The summed E-state index contributed by atoms with van der Waals surface area (Å²) >= 11 is 2.24. The predicted octanol–water partition coefficient (Wildman–Crippen LogP) is 3.94. The highest BCUT2D eigenvalue weighted by Crippen LogP contribution is 2.28. The highest BCUT2D eigenvalue weighted by molar-refractivity contribution is 14.1. The third-order valence-electron chi connectivity index (χ3n) is 3.99. The molecule has 1 saturated carbocycles. The monoisotopic (exact) mass is 357 g/mol. The Balaban J connectivity index is 2.16. The summed E-state index contributed by atoms with van der Waals surface area (Å²) in [6.45, 7) is 2.27. The van der Waals surface area contributed by atoms with Gasteiger partial charge in [0.1, 0.15) is 0 Å². The smallest absolute Gasteiger partial charge is 0.254 e. The van der Waals surface area contributed by atoms with Crippen LogP contribution in [-0.4, -0.2) is 23.9 Å². The Morgan fingerprint density at radius 1 is 1.28 bits per heavy atom. The summed E-state index contributed by atoms with van der Waals surface area (Å²) in [5.74, 6) is 0.785. The van der Waals surface area contributed by atoms with Crippen molar-refractivity contribution in [1.29, 1.82) is 0 Å². The molecule has 3 heteroatoms. The van der Waals surface area contributed by atoms with Crippen molar-refractivity contribution in [3.63, 3.8) is 0 Å². The summed E-state index contributed by atoms with van der Waals surface area (Å²) in [7, 11) is 1.96. The van der Waals surface area contributed by atoms with E-state index >= 15 is 0 Å². The van der Waals surface area contributed by atoms with Crippen molar-refractivity contribution in [2.45, 2.75) is 38.6 Å². The minimum absolute atomic E-state index is 0.166. The van der Waals surface area contributed by atoms with Crippen LogP contribution in [0.3, 0.4) is 0 Å². The van der Waals surface area contributed by atoms with E-state index in [-0.39, 0.29) is 5.91 Å². The molecule has 1 aliphatic carbocycles. The van der Waals surface area contributed by atoms with E-state index in [1.165, 1.54) is 19.3 Å². The van der Waals surface area contributed by atoms with Gasteiger partial charge in [-0.3, -0.25) is 4.79 Å². The second kappa shape index (κ2) is 6.04. The summed E-state index contributed by atoms with van der Waals surface area (Å²) in [6.07, 6.45) is 4.95. The van der Waals surface area contributed by atoms with E-state index in [9.17, 15) is 4.79 Å². The normalized spacial score (nSPS) is 23.7. The zero-order valence-electron chi connectivity index (χ0n) is 11.0. The van der Waals surface area contributed by atoms with Crippen LogP contribution in [0.4, 0.5) is 0 Å². The van der Waals surface area contributed by atoms with E-state index in [1.54, 1.807) is 0 Å². The van der Waals surface area contributed by atoms with Gasteiger partial charge in [0.15, 0.2) is 0 Å². The zero-order valence-corrected chi connectivity index (χ0v) is 13.2. The van der Waals surface area contributed by atoms with Gasteiger partial charge in [-0.2, -0.15) is 0 Å². The van der Waals surface area contributed by atoms with Crippen LogP contribution in [0.2, 0.25) is 0 Å². The molecule has 18 heavy (non-hydrogen) atoms. The number of carbonyl (C=O) groups excluding carboxylic acids is 1. The largest absolute Gasteiger partial charge is 0.338 e. The standard InChI is InChI=1S/C15H20INO/c1-11-7-3-6-10-14(11)17(2)15(18)12-8-4-5-9-13(12)16/h4-5,8-9,11,14H,3,6-7,10H2,1-2H3. The molecule has 1 aromatic carbocycles. The number of hydrogen-bond acceptors (Lipinski definition) is 1. The lowest BCUT2D eigenvalue weighted by molar-refractivity contribution is 0.0628. The van der Waals surface area contributed by atoms with Crippen molar-refractivity contribution >= 4 is 28.5 Å². The third kappa shape index (κ3) is 2.87. The molecule has 2 nitrogen and oxygen atoms in total. The molecule has 0 aromatic heterocycles. The Bertz CT molecular complexity index is 432. The first-order valence-corrected chi connectivity index (χ1v) is 7.71. The van der Waals surface area contributed by atoms with Crippen molar-refractivity contribution < 1.29 is 4.79 Å². The van der Waals surface area contributed by atoms with Gasteiger partial charge in [-0.25, -0.2) is 0 Å². The second-order valence-electron chi connectivity index (χ2n) is 5.22. The predicted molar refractivity (Wildman–Crippen MR) is 82.7 cm³/mol. The summed E-state index contributed by atoms with van der Waals surface area (Å²) in [6, 6.07) is 8.23. The maximum absolute atomic E-state index is 12.5. The first kappa shape index (κ1) is 13.8. The lowest BCUT2D eigenvalue weighted by Crippen LogP contribution is -2.42. The fraction of sp³-hybridized carbons (Fsp3) is 0.533. The summed E-state index contributed by atoms with van der Waals surface area (Å²) in [5.41, 5.74) is 0.832. The molecule has 0 spiro atoms. The number of hydrogen-bond donors (Lipinski definition) is 0. The number of carbonyl (C=O) groups is 1. The fourth-order valence-corrected chi connectivity index (χ4v) is 3.47. The highest BCUT2D eigenvalue weighted by atomic mass is 127. The van der Waals surface area contributed by atoms with E-state index in [2.05, 4.69) is 29.5 Å². The lowest BCUT2D eigenvalue weighted by Gasteiger charge is -2.36. The molecule has 2 unspecified atom stereocenters. The van der Waals surface area contributed by atoms with E-state index in [4.69, 9.17) is 0 Å². The van der Waals surface area contributed by atoms with Crippen LogP contribution in [0, 0.1) is 9.49 Å². The second-order valence-corrected chi connectivity index (χ2v) is 6.39. The minimum Gasteiger partial charge on any atom is -0.338 e. The molecule has 0 bridgehead atoms. The van der Waals surface area contributed by atoms with Gasteiger partial charge in [0.25, 0.3) is 5.91 Å². The zero-order chi connectivity index (χ0) is 13.1. The molecule has 0 heterocycles. The maximum Gasteiger partial charge on any atom is 0.254 e. The average molecular weight is 357 g/mol. The summed E-state index contributed by atoms with van der Waals surface area (Å²) in [4.78, 5) is 14.5. The molecule has 2 rings (SSSR count). The molecule has 0 aliphatic heterocycles. The SMILES string of the molecule is CC1CCCCC1N(C)C(=O)c1ccccc1I. The van der Waals surface area contributed by atoms with Gasteiger partial charge in [-0.05, 0) is 53.5 Å². The van der Waals surface area contributed by atoms with Gasteiger partial charge in [-0.15, -0.1) is 0 Å². The van der Waals surface area contributed by atoms with Crippen LogP contribution < -0.4 is 0 Å². The first-order chi connectivity index (χ1) is 8.61. The number of rotatable bonds is 2. The van der Waals surface area contributed by atoms with Gasteiger partial charge < -0.3 is 4.90 Å². The molecule has 1 aliphatic rings. The van der Waals surface area contributed by atoms with Gasteiger partial charge in [0.2, 0.25) is 0 Å². The van der Waals surface area contributed by atoms with Gasteiger partial charge >= 0.3 is 0 Å². The van der Waals surface area contributed by atoms with Crippen LogP contribution >= 0.6 is 22.6 Å². The molecular weight excluding hydrogens is 337 g/mol. The quantitative estimate of drug-likeness (QED) is 0.735. The van der Waals surface area contributed by atoms with Crippen LogP contribution in [0.1, 0.15) is 43.0 Å². The maximum atomic E-state index is 12.5. The van der Waals surface area contributed by atoms with Crippen molar-refractivity contribution in [3.05, 3.63) is 33.4 Å². The molecule has 0 radical (unpaired) electrons. The molecule has 1 aromatic rings. The molecule has 1 amide bonds. The molecule has 0 N–H and O–H groups in total. The Kier molecular flexibility index (Phi) is 4.65. The Labute approximate surface area is 123 Å². The Morgan fingerprint density at radius 2 is 1.94 bits per heavy atom. The van der Waals surface area contributed by atoms with Crippen LogP contribution in [0.15, 0.2) is 24.3 Å². The van der Waals surface area contributed by atoms with Gasteiger partial charge in [-0.1, -0.05) is 31.9 Å². The Morgan fingerprint density at radius 3 is 2.61 bits per heavy atom. The molecule has 2 atom stereocenters. The van der Waals surface area contributed by atoms with Gasteiger partial charge in [0.05, 0.1) is 5.56 Å². The van der Waals surface area contributed by atoms with Crippen molar-refractivity contribution in [2.24, 2.45) is 5.92 Å². The number of benzene rings is 1. The number of nitrogens with zero attached hydrogens (tertiary/aromatic N) is 1. The van der Waals surface area contributed by atoms with Crippen molar-refractivity contribution in [1.82, 2.24) is 4.90 Å². The number of halogens is 1. The van der Waals surface area contributed by atoms with E-state index in [0.717, 1.165) is 15.6 Å². The number of amides is 1. The summed E-state index contributed by atoms with van der Waals surface area (Å²) < 4.78 is 1.04. The molecule has 98 valence electrons. The van der Waals surface area contributed by atoms with Crippen molar-refractivity contribution in [2.75, 3.05) is 7.05 Å². The van der Waals surface area contributed by atoms with Crippen LogP contribution in [0.5, 0.6) is 0 Å². The lowest BCUT2D eigenvalue weighted by atomic mass is 9.85. The molecule has 0 saturated heterocycles. The van der Waals surface area contributed by atoms with E-state index in [1.807, 2.05) is 36.2 Å². The Hall–Kier alpha value is -0.580. The third-order valence-corrected chi connectivity index (χ3v) is 4.93. The van der Waals surface area contributed by atoms with Gasteiger partial charge in [0, 0.05) is 16.7 Å². The average Bonchev–Trinajstić information content (AvgIpc) is 2.38. The summed E-state index contributed by atoms with van der Waals surface area (Å²) in [5, 5.41) is 0. The highest BCUT2D eigenvalue weighted by Gasteiger charge is 2.28. The first-order valence-electron chi connectivity index (χ1n) is 6.63. The molecule has 1 fully saturated rings. The topological polar surface area (TPSA) is 20.3 Å². The van der Waals surface area contributed by atoms with Crippen LogP contribution in [-0.2, 0) is 0 Å². The fourth-order valence-electron chi connectivity index (χ4n) is 2.85. The van der Waals surface area contributed by atoms with Crippen LogP contribution in [0.25, 0.3) is 0 Å². The van der Waals surface area contributed by atoms with E-state index < -0.39 is 0 Å². The minimum atomic E-state index is 0.166. The van der Waals surface area contributed by atoms with Crippen molar-refractivity contribution in [3.8, 4) is 0 Å².